The second kappa shape index (κ2) is 6.70. The van der Waals surface area contributed by atoms with Gasteiger partial charge in [-0.2, -0.15) is 0 Å². The van der Waals surface area contributed by atoms with E-state index in [4.69, 9.17) is 11.6 Å². The number of benzene rings is 2. The maximum atomic E-state index is 13.5. The summed E-state index contributed by atoms with van der Waals surface area (Å²) in [6, 6.07) is 13.3. The van der Waals surface area contributed by atoms with Crippen molar-refractivity contribution in [1.82, 2.24) is 5.32 Å². The van der Waals surface area contributed by atoms with Gasteiger partial charge in [-0.1, -0.05) is 45.7 Å². The predicted molar refractivity (Wildman–Crippen MR) is 85.5 cm³/mol. The topological polar surface area (TPSA) is 12.0 Å². The first kappa shape index (κ1) is 15.5. The van der Waals surface area contributed by atoms with Crippen molar-refractivity contribution in [3.05, 3.63) is 68.9 Å². The molecule has 2 rings (SSSR count). The number of hydrogen-bond donors (Lipinski definition) is 1. The Morgan fingerprint density at radius 1 is 1.00 bits per heavy atom. The Bertz CT molecular complexity index is 586. The summed E-state index contributed by atoms with van der Waals surface area (Å²) in [5.74, 6) is -0.380. The van der Waals surface area contributed by atoms with Gasteiger partial charge in [-0.3, -0.25) is 0 Å². The van der Waals surface area contributed by atoms with Gasteiger partial charge >= 0.3 is 0 Å². The van der Waals surface area contributed by atoms with Crippen LogP contribution in [0.1, 0.15) is 37.1 Å². The van der Waals surface area contributed by atoms with E-state index in [0.717, 1.165) is 10.0 Å². The van der Waals surface area contributed by atoms with Crippen LogP contribution in [0.5, 0.6) is 0 Å². The average Bonchev–Trinajstić information content (AvgIpc) is 2.42. The van der Waals surface area contributed by atoms with Gasteiger partial charge in [0.25, 0.3) is 0 Å². The van der Waals surface area contributed by atoms with Gasteiger partial charge in [0, 0.05) is 16.6 Å². The summed E-state index contributed by atoms with van der Waals surface area (Å²) < 4.78 is 14.5. The van der Waals surface area contributed by atoms with Crippen LogP contribution in [0.4, 0.5) is 4.39 Å². The lowest BCUT2D eigenvalue weighted by Gasteiger charge is -2.21. The lowest BCUT2D eigenvalue weighted by atomic mass is 10.0. The third-order valence-corrected chi connectivity index (χ3v) is 4.15. The van der Waals surface area contributed by atoms with Crippen molar-refractivity contribution in [3.8, 4) is 0 Å². The number of halogens is 3. The molecule has 0 heterocycles. The van der Waals surface area contributed by atoms with E-state index in [1.165, 1.54) is 11.6 Å². The third kappa shape index (κ3) is 3.81. The second-order valence-corrected chi connectivity index (χ2v) is 6.16. The monoisotopic (exact) mass is 355 g/mol. The van der Waals surface area contributed by atoms with E-state index in [1.54, 1.807) is 6.07 Å². The van der Waals surface area contributed by atoms with Gasteiger partial charge in [-0.15, -0.1) is 0 Å². The molecule has 0 saturated carbocycles. The van der Waals surface area contributed by atoms with Gasteiger partial charge in [-0.25, -0.2) is 4.39 Å². The summed E-state index contributed by atoms with van der Waals surface area (Å²) in [6.45, 7) is 4.10. The molecule has 2 aromatic rings. The fourth-order valence-electron chi connectivity index (χ4n) is 2.10. The molecule has 0 aliphatic rings. The molecule has 0 aliphatic heterocycles. The molecule has 0 radical (unpaired) electrons. The molecule has 0 amide bonds. The Labute approximate surface area is 132 Å². The van der Waals surface area contributed by atoms with Crippen molar-refractivity contribution in [3.63, 3.8) is 0 Å². The van der Waals surface area contributed by atoms with Crippen LogP contribution in [0.15, 0.2) is 46.9 Å². The zero-order chi connectivity index (χ0) is 14.7. The highest BCUT2D eigenvalue weighted by Gasteiger charge is 2.12. The van der Waals surface area contributed by atoms with Crippen molar-refractivity contribution >= 4 is 27.5 Å². The highest BCUT2D eigenvalue weighted by atomic mass is 79.9. The summed E-state index contributed by atoms with van der Waals surface area (Å²) in [4.78, 5) is 0. The molecule has 106 valence electrons. The summed E-state index contributed by atoms with van der Waals surface area (Å²) >= 11 is 9.12. The molecule has 0 bridgehead atoms. The molecular weight excluding hydrogens is 341 g/mol. The van der Waals surface area contributed by atoms with Crippen molar-refractivity contribution in [1.29, 1.82) is 0 Å². The van der Waals surface area contributed by atoms with E-state index < -0.39 is 0 Å². The van der Waals surface area contributed by atoms with Gasteiger partial charge in [0.2, 0.25) is 0 Å². The number of nitrogens with one attached hydrogen (secondary N) is 1. The summed E-state index contributed by atoms with van der Waals surface area (Å²) in [5, 5.41) is 3.61. The molecule has 2 aromatic carbocycles. The standard InChI is InChI=1S/C16H16BrClFN/c1-10(12-3-6-14(17)7-4-12)20-11(2)13-5-8-15(18)16(19)9-13/h3-11,20H,1-2H3. The molecule has 2 atom stereocenters. The average molecular weight is 357 g/mol. The minimum Gasteiger partial charge on any atom is -0.304 e. The molecule has 0 aliphatic carbocycles. The largest absolute Gasteiger partial charge is 0.304 e. The van der Waals surface area contributed by atoms with Crippen LogP contribution >= 0.6 is 27.5 Å². The normalized spacial score (nSPS) is 14.1. The first-order valence-corrected chi connectivity index (χ1v) is 7.61. The van der Waals surface area contributed by atoms with Crippen molar-refractivity contribution in [2.45, 2.75) is 25.9 Å². The Morgan fingerprint density at radius 3 is 2.15 bits per heavy atom. The van der Waals surface area contributed by atoms with E-state index in [9.17, 15) is 4.39 Å². The lowest BCUT2D eigenvalue weighted by molar-refractivity contribution is 0.492. The maximum Gasteiger partial charge on any atom is 0.142 e. The minimum atomic E-state index is -0.380. The highest BCUT2D eigenvalue weighted by molar-refractivity contribution is 9.10. The molecule has 20 heavy (non-hydrogen) atoms. The van der Waals surface area contributed by atoms with Crippen LogP contribution in [0, 0.1) is 5.82 Å². The molecule has 0 aromatic heterocycles. The van der Waals surface area contributed by atoms with E-state index in [-0.39, 0.29) is 22.9 Å². The van der Waals surface area contributed by atoms with Crippen LogP contribution in [0.3, 0.4) is 0 Å². The molecular formula is C16H16BrClFN. The minimum absolute atomic E-state index is 0.0420. The zero-order valence-electron chi connectivity index (χ0n) is 11.3. The summed E-state index contributed by atoms with van der Waals surface area (Å²) in [5.41, 5.74) is 2.07. The van der Waals surface area contributed by atoms with Gasteiger partial charge in [-0.05, 0) is 49.2 Å². The lowest BCUT2D eigenvalue weighted by Crippen LogP contribution is -2.22. The Hall–Kier alpha value is -0.900. The van der Waals surface area contributed by atoms with Crippen molar-refractivity contribution in [2.24, 2.45) is 0 Å². The Morgan fingerprint density at radius 2 is 1.55 bits per heavy atom. The van der Waals surface area contributed by atoms with Crippen LogP contribution in [0.2, 0.25) is 5.02 Å². The third-order valence-electron chi connectivity index (χ3n) is 3.31. The van der Waals surface area contributed by atoms with Crippen LogP contribution in [-0.2, 0) is 0 Å². The number of rotatable bonds is 4. The molecule has 2 unspecified atom stereocenters. The quantitative estimate of drug-likeness (QED) is 0.746. The molecule has 4 heteroatoms. The SMILES string of the molecule is CC(NC(C)c1ccc(Cl)c(F)c1)c1ccc(Br)cc1. The maximum absolute atomic E-state index is 13.5. The molecule has 0 fully saturated rings. The van der Waals surface area contributed by atoms with Crippen LogP contribution in [0.25, 0.3) is 0 Å². The first-order valence-electron chi connectivity index (χ1n) is 6.44. The Balaban J connectivity index is 2.08. The molecule has 1 N–H and O–H groups in total. The molecule has 1 nitrogen and oxygen atoms in total. The summed E-state index contributed by atoms with van der Waals surface area (Å²) in [6.07, 6.45) is 0. The van der Waals surface area contributed by atoms with Gasteiger partial charge in [0.15, 0.2) is 0 Å². The summed E-state index contributed by atoms with van der Waals surface area (Å²) in [7, 11) is 0. The second-order valence-electron chi connectivity index (χ2n) is 4.84. The van der Waals surface area contributed by atoms with E-state index >= 15 is 0 Å². The smallest absolute Gasteiger partial charge is 0.142 e. The first-order chi connectivity index (χ1) is 9.47. The van der Waals surface area contributed by atoms with Crippen molar-refractivity contribution in [2.75, 3.05) is 0 Å². The fraction of sp³-hybridized carbons (Fsp3) is 0.250. The fourth-order valence-corrected chi connectivity index (χ4v) is 2.48. The van der Waals surface area contributed by atoms with E-state index in [2.05, 4.69) is 40.3 Å². The molecule has 0 spiro atoms. The van der Waals surface area contributed by atoms with Crippen LogP contribution in [-0.4, -0.2) is 0 Å². The van der Waals surface area contributed by atoms with E-state index in [1.807, 2.05) is 25.1 Å². The highest BCUT2D eigenvalue weighted by Crippen LogP contribution is 2.23. The zero-order valence-corrected chi connectivity index (χ0v) is 13.7. The van der Waals surface area contributed by atoms with E-state index in [0.29, 0.717) is 0 Å². The van der Waals surface area contributed by atoms with Crippen LogP contribution < -0.4 is 5.32 Å². The van der Waals surface area contributed by atoms with Gasteiger partial charge < -0.3 is 5.32 Å². The van der Waals surface area contributed by atoms with Gasteiger partial charge in [0.05, 0.1) is 5.02 Å². The predicted octanol–water partition coefficient (Wildman–Crippen LogP) is 5.65. The number of hydrogen-bond acceptors (Lipinski definition) is 1. The van der Waals surface area contributed by atoms with Crippen molar-refractivity contribution < 1.29 is 4.39 Å². The Kier molecular flexibility index (Phi) is 5.19. The van der Waals surface area contributed by atoms with Gasteiger partial charge in [0.1, 0.15) is 5.82 Å². The molecule has 0 saturated heterocycles.